The maximum atomic E-state index is 12.8. The van der Waals surface area contributed by atoms with Gasteiger partial charge in [-0.2, -0.15) is 0 Å². The van der Waals surface area contributed by atoms with E-state index in [-0.39, 0.29) is 17.7 Å². The first kappa shape index (κ1) is 19.5. The highest BCUT2D eigenvalue weighted by atomic mass is 32.2. The molecule has 1 saturated heterocycles. The fraction of sp³-hybridized carbons (Fsp3) is 0.375. The van der Waals surface area contributed by atoms with E-state index in [2.05, 4.69) is 5.32 Å². The number of aliphatic carboxylic acids is 1. The summed E-state index contributed by atoms with van der Waals surface area (Å²) in [4.78, 5) is 50.0. The molecule has 1 aromatic heterocycles. The summed E-state index contributed by atoms with van der Waals surface area (Å²) in [5.41, 5.74) is -2.64. The van der Waals surface area contributed by atoms with Crippen LogP contribution < -0.4 is 5.32 Å². The zero-order valence-corrected chi connectivity index (χ0v) is 16.0. The highest BCUT2D eigenvalue weighted by Crippen LogP contribution is 2.43. The summed E-state index contributed by atoms with van der Waals surface area (Å²) in [7, 11) is 1.17. The second-order valence-electron chi connectivity index (χ2n) is 5.99. The Morgan fingerprint density at radius 1 is 1.52 bits per heavy atom. The lowest BCUT2D eigenvalue weighted by Crippen LogP contribution is -2.84. The lowest BCUT2D eigenvalue weighted by molar-refractivity contribution is -0.193. The third-order valence-corrected chi connectivity index (χ3v) is 6.86. The molecule has 2 N–H and O–H groups in total. The number of nitrogens with zero attached hydrogens (tertiary/aromatic N) is 1. The van der Waals surface area contributed by atoms with Crippen molar-refractivity contribution >= 4 is 46.1 Å². The van der Waals surface area contributed by atoms with Gasteiger partial charge in [-0.15, -0.1) is 11.3 Å². The smallest absolute Gasteiger partial charge is 0.353 e. The zero-order valence-electron chi connectivity index (χ0n) is 14.4. The number of carboxylic acids is 1. The molecule has 3 atom stereocenters. The van der Waals surface area contributed by atoms with Crippen LogP contribution in [0, 0.1) is 0 Å². The Hall–Kier alpha value is -2.21. The largest absolute Gasteiger partial charge is 0.614 e. The van der Waals surface area contributed by atoms with E-state index in [0.29, 0.717) is 0 Å². The molecule has 0 bridgehead atoms. The minimum atomic E-state index is -1.93. The Balaban J connectivity index is 1.92. The first-order valence-electron chi connectivity index (χ1n) is 7.79. The van der Waals surface area contributed by atoms with Crippen molar-refractivity contribution in [2.45, 2.75) is 24.4 Å². The van der Waals surface area contributed by atoms with Gasteiger partial charge >= 0.3 is 5.97 Å². The molecule has 9 nitrogen and oxygen atoms in total. The van der Waals surface area contributed by atoms with Crippen molar-refractivity contribution in [1.82, 2.24) is 10.2 Å². The van der Waals surface area contributed by atoms with Gasteiger partial charge in [0, 0.05) is 12.0 Å². The van der Waals surface area contributed by atoms with Crippen molar-refractivity contribution in [3.63, 3.8) is 0 Å². The van der Waals surface area contributed by atoms with E-state index >= 15 is 0 Å². The molecule has 2 amide bonds. The van der Waals surface area contributed by atoms with E-state index in [1.807, 2.05) is 0 Å². The van der Waals surface area contributed by atoms with E-state index in [4.69, 9.17) is 4.74 Å². The van der Waals surface area contributed by atoms with Crippen LogP contribution in [0.5, 0.6) is 0 Å². The first-order chi connectivity index (χ1) is 12.7. The molecule has 1 aromatic rings. The minimum absolute atomic E-state index is 0.00423. The van der Waals surface area contributed by atoms with Gasteiger partial charge in [0.05, 0.1) is 12.0 Å². The van der Waals surface area contributed by atoms with E-state index in [9.17, 15) is 28.8 Å². The Kier molecular flexibility index (Phi) is 5.12. The highest BCUT2D eigenvalue weighted by Gasteiger charge is 2.72. The fourth-order valence-electron chi connectivity index (χ4n) is 3.14. The number of hydrogen-bond donors (Lipinski definition) is 2. The quantitative estimate of drug-likeness (QED) is 0.369. The summed E-state index contributed by atoms with van der Waals surface area (Å²) >= 11 is -0.473. The summed E-state index contributed by atoms with van der Waals surface area (Å²) in [6, 6.07) is 3.53. The monoisotopic (exact) mass is 412 g/mol. The zero-order chi connectivity index (χ0) is 19.9. The van der Waals surface area contributed by atoms with Gasteiger partial charge in [0.1, 0.15) is 11.4 Å². The van der Waals surface area contributed by atoms with Crippen LogP contribution in [0.3, 0.4) is 0 Å². The fourth-order valence-corrected chi connectivity index (χ4v) is 5.69. The molecule has 0 spiro atoms. The lowest BCUT2D eigenvalue weighted by Gasteiger charge is -2.54. The van der Waals surface area contributed by atoms with Gasteiger partial charge in [-0.05, 0) is 29.5 Å². The number of ketones is 1. The lowest BCUT2D eigenvalue weighted by atomic mass is 9.97. The first-order valence-corrected chi connectivity index (χ1v) is 10.1. The molecule has 3 rings (SSSR count). The van der Waals surface area contributed by atoms with Gasteiger partial charge < -0.3 is 19.7 Å². The number of nitrogens with one attached hydrogen (secondary N) is 1. The number of Topliss-reactive ketones (excluding diaryl/α,β-unsaturated/α-hetero) is 1. The van der Waals surface area contributed by atoms with Crippen molar-refractivity contribution in [3.05, 3.63) is 33.7 Å². The highest BCUT2D eigenvalue weighted by molar-refractivity contribution is 7.92. The molecule has 0 radical (unpaired) electrons. The maximum Gasteiger partial charge on any atom is 0.353 e. The van der Waals surface area contributed by atoms with Crippen LogP contribution in [-0.2, 0) is 41.5 Å². The van der Waals surface area contributed by atoms with Gasteiger partial charge in [-0.25, -0.2) is 9.69 Å². The standard InChI is InChI=1S/C16H16N2O7S2/c1-8(19)10-7-27(24)15-16(25-2,14(23)18(15)12(10)13(21)22)17-11(20)6-9-4-3-5-26-9/h3-5,15H,6-7H2,1-2H3,(H,17,20)(H,21,22)/t15-,16?,27?/m1/s1. The van der Waals surface area contributed by atoms with Crippen LogP contribution in [-0.4, -0.2) is 62.1 Å². The molecule has 2 aliphatic heterocycles. The normalized spacial score (nSPS) is 27.1. The van der Waals surface area contributed by atoms with Crippen LogP contribution in [0.25, 0.3) is 0 Å². The van der Waals surface area contributed by atoms with Crippen molar-refractivity contribution in [2.24, 2.45) is 0 Å². The number of β-lactam (4-membered cyclic amide) rings is 1. The Labute approximate surface area is 161 Å². The second-order valence-corrected chi connectivity index (χ2v) is 8.51. The number of rotatable bonds is 6. The van der Waals surface area contributed by atoms with E-state index in [1.165, 1.54) is 18.4 Å². The summed E-state index contributed by atoms with van der Waals surface area (Å²) in [6.07, 6.45) is -0.00423. The average molecular weight is 412 g/mol. The van der Waals surface area contributed by atoms with Gasteiger partial charge in [0.25, 0.3) is 17.0 Å². The molecule has 2 unspecified atom stereocenters. The van der Waals surface area contributed by atoms with Crippen molar-refractivity contribution in [2.75, 3.05) is 12.9 Å². The number of carbonyl (C=O) groups excluding carboxylic acids is 3. The number of fused-ring (bicyclic) bond motifs is 1. The number of carboxylic acid groups (broad SMARTS) is 1. The van der Waals surface area contributed by atoms with Crippen LogP contribution in [0.1, 0.15) is 11.8 Å². The van der Waals surface area contributed by atoms with Gasteiger partial charge in [0.15, 0.2) is 5.78 Å². The molecule has 0 saturated carbocycles. The van der Waals surface area contributed by atoms with Crippen molar-refractivity contribution in [1.29, 1.82) is 0 Å². The average Bonchev–Trinajstić information content (AvgIpc) is 3.10. The Morgan fingerprint density at radius 2 is 2.22 bits per heavy atom. The van der Waals surface area contributed by atoms with Crippen molar-refractivity contribution < 1.29 is 33.6 Å². The summed E-state index contributed by atoms with van der Waals surface area (Å²) in [5, 5.41) is 12.5. The molecular weight excluding hydrogens is 396 g/mol. The van der Waals surface area contributed by atoms with E-state index in [1.54, 1.807) is 17.5 Å². The molecule has 3 heterocycles. The van der Waals surface area contributed by atoms with Crippen LogP contribution >= 0.6 is 11.3 Å². The molecule has 144 valence electrons. The maximum absolute atomic E-state index is 12.8. The van der Waals surface area contributed by atoms with Crippen molar-refractivity contribution in [3.8, 4) is 0 Å². The van der Waals surface area contributed by atoms with Crippen LogP contribution in [0.4, 0.5) is 0 Å². The van der Waals surface area contributed by atoms with Crippen LogP contribution in [0.2, 0.25) is 0 Å². The summed E-state index contributed by atoms with van der Waals surface area (Å²) in [6.45, 7) is 1.15. The molecule has 2 aliphatic rings. The molecule has 0 aliphatic carbocycles. The Bertz CT molecular complexity index is 851. The molecule has 1 fully saturated rings. The molecule has 27 heavy (non-hydrogen) atoms. The SMILES string of the molecule is COC1(NC(=O)Cc2cccs2)C(=O)N2C(C(=O)O)=C(C(C)=O)C[S+]([O-])[C@@H]21. The number of methoxy groups -OCH3 is 1. The third kappa shape index (κ3) is 3.06. The number of carbonyl (C=O) groups is 4. The topological polar surface area (TPSA) is 136 Å². The van der Waals surface area contributed by atoms with Gasteiger partial charge in [-0.3, -0.25) is 14.4 Å². The number of ether oxygens (including phenoxy) is 1. The van der Waals surface area contributed by atoms with Crippen LogP contribution in [0.15, 0.2) is 28.8 Å². The predicted octanol–water partition coefficient (Wildman–Crippen LogP) is -0.392. The van der Waals surface area contributed by atoms with E-state index in [0.717, 1.165) is 16.7 Å². The molecule has 11 heteroatoms. The number of thiophene rings is 1. The summed E-state index contributed by atoms with van der Waals surface area (Å²) < 4.78 is 17.9. The Morgan fingerprint density at radius 3 is 2.74 bits per heavy atom. The van der Waals surface area contributed by atoms with Gasteiger partial charge in [-0.1, -0.05) is 6.07 Å². The molecular formula is C16H16N2O7S2. The molecule has 0 aromatic carbocycles. The minimum Gasteiger partial charge on any atom is -0.614 e. The predicted molar refractivity (Wildman–Crippen MR) is 94.9 cm³/mol. The number of amides is 2. The summed E-state index contributed by atoms with van der Waals surface area (Å²) in [5.74, 6) is -3.80. The van der Waals surface area contributed by atoms with Gasteiger partial charge in [0.2, 0.25) is 5.91 Å². The van der Waals surface area contributed by atoms with E-state index < -0.39 is 51.5 Å². The number of hydrogen-bond acceptors (Lipinski definition) is 7. The second kappa shape index (κ2) is 7.08. The third-order valence-electron chi connectivity index (χ3n) is 4.37.